The van der Waals surface area contributed by atoms with Crippen LogP contribution in [0, 0.1) is 0 Å². The van der Waals surface area contributed by atoms with Gasteiger partial charge in [0, 0.05) is 12.0 Å². The topological polar surface area (TPSA) is 55.1 Å². The van der Waals surface area contributed by atoms with E-state index in [0.717, 1.165) is 16.3 Å². The lowest BCUT2D eigenvalue weighted by Gasteiger charge is -2.02. The van der Waals surface area contributed by atoms with Crippen LogP contribution in [0.2, 0.25) is 0 Å². The van der Waals surface area contributed by atoms with Crippen LogP contribution in [0.15, 0.2) is 53.1 Å². The van der Waals surface area contributed by atoms with E-state index in [4.69, 9.17) is 4.42 Å². The van der Waals surface area contributed by atoms with Crippen molar-refractivity contribution < 1.29 is 9.21 Å². The van der Waals surface area contributed by atoms with Gasteiger partial charge in [0.1, 0.15) is 12.0 Å². The van der Waals surface area contributed by atoms with Gasteiger partial charge >= 0.3 is 6.01 Å². The molecule has 0 aliphatic heterocycles. The summed E-state index contributed by atoms with van der Waals surface area (Å²) in [5, 5.41) is 4.87. The van der Waals surface area contributed by atoms with E-state index in [0.29, 0.717) is 12.1 Å². The third-order valence-corrected chi connectivity index (χ3v) is 3.14. The molecule has 100 valence electrons. The van der Waals surface area contributed by atoms with E-state index in [1.807, 2.05) is 30.3 Å². The molecule has 0 fully saturated rings. The first-order chi connectivity index (χ1) is 9.78. The number of oxazole rings is 1. The number of hydrogen-bond donors (Lipinski definition) is 1. The van der Waals surface area contributed by atoms with Crippen LogP contribution in [0.1, 0.15) is 13.3 Å². The number of anilines is 1. The number of amides is 1. The van der Waals surface area contributed by atoms with Gasteiger partial charge in [-0.3, -0.25) is 10.1 Å². The Labute approximate surface area is 116 Å². The Bertz CT molecular complexity index is 757. The van der Waals surface area contributed by atoms with Gasteiger partial charge in [-0.05, 0) is 10.8 Å². The van der Waals surface area contributed by atoms with E-state index in [9.17, 15) is 4.79 Å². The van der Waals surface area contributed by atoms with Crippen LogP contribution in [-0.2, 0) is 4.79 Å². The number of hydrogen-bond acceptors (Lipinski definition) is 3. The molecule has 0 atom stereocenters. The molecule has 1 aromatic heterocycles. The van der Waals surface area contributed by atoms with E-state index in [-0.39, 0.29) is 11.9 Å². The first-order valence-corrected chi connectivity index (χ1v) is 6.51. The van der Waals surface area contributed by atoms with Gasteiger partial charge in [-0.2, -0.15) is 4.98 Å². The van der Waals surface area contributed by atoms with E-state index in [1.165, 1.54) is 0 Å². The highest BCUT2D eigenvalue weighted by Gasteiger charge is 2.10. The molecule has 0 spiro atoms. The molecular weight excluding hydrogens is 252 g/mol. The molecule has 4 heteroatoms. The van der Waals surface area contributed by atoms with Crippen molar-refractivity contribution in [3.05, 3.63) is 48.7 Å². The first kappa shape index (κ1) is 12.4. The van der Waals surface area contributed by atoms with Gasteiger partial charge in [-0.25, -0.2) is 0 Å². The number of benzene rings is 2. The number of carbonyl (C=O) groups excluding carboxylic acids is 1. The Morgan fingerprint density at radius 2 is 2.00 bits per heavy atom. The average molecular weight is 266 g/mol. The molecule has 1 heterocycles. The van der Waals surface area contributed by atoms with Gasteiger partial charge in [-0.15, -0.1) is 0 Å². The SMILES string of the molecule is CCC(=O)Nc1nc(-c2cccc3ccccc23)co1. The average Bonchev–Trinajstić information content (AvgIpc) is 2.94. The highest BCUT2D eigenvalue weighted by Crippen LogP contribution is 2.28. The fraction of sp³-hybridized carbons (Fsp3) is 0.125. The van der Waals surface area contributed by atoms with Crippen molar-refractivity contribution in [3.8, 4) is 11.3 Å². The van der Waals surface area contributed by atoms with Crippen molar-refractivity contribution >= 4 is 22.7 Å². The Hall–Kier alpha value is -2.62. The summed E-state index contributed by atoms with van der Waals surface area (Å²) < 4.78 is 5.30. The Kier molecular flexibility index (Phi) is 3.21. The Morgan fingerprint density at radius 3 is 2.85 bits per heavy atom. The lowest BCUT2D eigenvalue weighted by atomic mass is 10.0. The van der Waals surface area contributed by atoms with Crippen LogP contribution < -0.4 is 5.32 Å². The highest BCUT2D eigenvalue weighted by atomic mass is 16.4. The maximum absolute atomic E-state index is 11.3. The van der Waals surface area contributed by atoms with Gasteiger partial charge in [0.15, 0.2) is 0 Å². The number of fused-ring (bicyclic) bond motifs is 1. The molecule has 1 amide bonds. The first-order valence-electron chi connectivity index (χ1n) is 6.51. The zero-order valence-corrected chi connectivity index (χ0v) is 11.1. The number of rotatable bonds is 3. The minimum Gasteiger partial charge on any atom is -0.431 e. The minimum absolute atomic E-state index is 0.115. The summed E-state index contributed by atoms with van der Waals surface area (Å²) in [6.45, 7) is 1.78. The number of nitrogens with one attached hydrogen (secondary N) is 1. The molecule has 2 aromatic carbocycles. The zero-order chi connectivity index (χ0) is 13.9. The van der Waals surface area contributed by atoms with Crippen LogP contribution in [0.3, 0.4) is 0 Å². The van der Waals surface area contributed by atoms with Gasteiger partial charge < -0.3 is 4.42 Å². The molecule has 0 radical (unpaired) electrons. The van der Waals surface area contributed by atoms with Gasteiger partial charge in [0.25, 0.3) is 0 Å². The lowest BCUT2D eigenvalue weighted by molar-refractivity contribution is -0.116. The Morgan fingerprint density at radius 1 is 1.20 bits per heavy atom. The minimum atomic E-state index is -0.115. The highest BCUT2D eigenvalue weighted by molar-refractivity contribution is 5.96. The zero-order valence-electron chi connectivity index (χ0n) is 11.1. The summed E-state index contributed by atoms with van der Waals surface area (Å²) >= 11 is 0. The maximum atomic E-state index is 11.3. The van der Waals surface area contributed by atoms with Crippen LogP contribution in [0.4, 0.5) is 6.01 Å². The smallest absolute Gasteiger partial charge is 0.301 e. The summed E-state index contributed by atoms with van der Waals surface area (Å²) in [5.41, 5.74) is 1.71. The molecule has 20 heavy (non-hydrogen) atoms. The van der Waals surface area contributed by atoms with Crippen molar-refractivity contribution in [1.82, 2.24) is 4.98 Å². The van der Waals surface area contributed by atoms with Crippen molar-refractivity contribution in [2.24, 2.45) is 0 Å². The monoisotopic (exact) mass is 266 g/mol. The van der Waals surface area contributed by atoms with Gasteiger partial charge in [-0.1, -0.05) is 49.4 Å². The number of aromatic nitrogens is 1. The largest absolute Gasteiger partial charge is 0.431 e. The molecule has 0 saturated carbocycles. The predicted octanol–water partition coefficient (Wildman–Crippen LogP) is 3.84. The molecule has 3 rings (SSSR count). The molecule has 0 unspecified atom stereocenters. The van der Waals surface area contributed by atoms with Crippen LogP contribution in [0.5, 0.6) is 0 Å². The molecule has 4 nitrogen and oxygen atoms in total. The normalized spacial score (nSPS) is 10.7. The molecule has 0 aliphatic rings. The lowest BCUT2D eigenvalue weighted by Crippen LogP contribution is -2.09. The fourth-order valence-corrected chi connectivity index (χ4v) is 2.11. The molecular formula is C16H14N2O2. The third-order valence-electron chi connectivity index (χ3n) is 3.14. The van der Waals surface area contributed by atoms with E-state index >= 15 is 0 Å². The summed E-state index contributed by atoms with van der Waals surface area (Å²) in [5.74, 6) is -0.115. The summed E-state index contributed by atoms with van der Waals surface area (Å²) in [4.78, 5) is 15.6. The van der Waals surface area contributed by atoms with Crippen LogP contribution >= 0.6 is 0 Å². The predicted molar refractivity (Wildman–Crippen MR) is 78.4 cm³/mol. The van der Waals surface area contributed by atoms with E-state index in [2.05, 4.69) is 22.4 Å². The summed E-state index contributed by atoms with van der Waals surface area (Å²) in [6.07, 6.45) is 1.96. The van der Waals surface area contributed by atoms with Gasteiger partial charge in [0.2, 0.25) is 5.91 Å². The van der Waals surface area contributed by atoms with Crippen molar-refractivity contribution in [3.63, 3.8) is 0 Å². The second-order valence-corrected chi connectivity index (χ2v) is 4.47. The molecule has 0 aliphatic carbocycles. The molecule has 0 bridgehead atoms. The standard InChI is InChI=1S/C16H14N2O2/c1-2-15(19)18-16-17-14(10-20-16)13-9-5-7-11-6-3-4-8-12(11)13/h3-10H,2H2,1H3,(H,17,18,19). The summed E-state index contributed by atoms with van der Waals surface area (Å²) in [7, 11) is 0. The van der Waals surface area contributed by atoms with Crippen molar-refractivity contribution in [2.75, 3.05) is 5.32 Å². The maximum Gasteiger partial charge on any atom is 0.301 e. The van der Waals surface area contributed by atoms with Crippen molar-refractivity contribution in [1.29, 1.82) is 0 Å². The quantitative estimate of drug-likeness (QED) is 0.783. The van der Waals surface area contributed by atoms with E-state index in [1.54, 1.807) is 13.2 Å². The van der Waals surface area contributed by atoms with E-state index < -0.39 is 0 Å². The fourth-order valence-electron chi connectivity index (χ4n) is 2.11. The Balaban J connectivity index is 2.01. The number of carbonyl (C=O) groups is 1. The second kappa shape index (κ2) is 5.17. The second-order valence-electron chi connectivity index (χ2n) is 4.47. The van der Waals surface area contributed by atoms with Crippen molar-refractivity contribution in [2.45, 2.75) is 13.3 Å². The molecule has 3 aromatic rings. The molecule has 1 N–H and O–H groups in total. The van der Waals surface area contributed by atoms with Gasteiger partial charge in [0.05, 0.1) is 0 Å². The summed E-state index contributed by atoms with van der Waals surface area (Å²) in [6, 6.07) is 14.4. The van der Waals surface area contributed by atoms with Crippen LogP contribution in [0.25, 0.3) is 22.0 Å². The van der Waals surface area contributed by atoms with Crippen LogP contribution in [-0.4, -0.2) is 10.9 Å². The molecule has 0 saturated heterocycles. The third kappa shape index (κ3) is 2.28. The number of nitrogens with zero attached hydrogens (tertiary/aromatic N) is 1.